The molecule has 0 bridgehead atoms. The quantitative estimate of drug-likeness (QED) is 0.803. The van der Waals surface area contributed by atoms with Crippen LogP contribution in [0.2, 0.25) is 10.0 Å². The number of aliphatic hydroxyl groups excluding tert-OH is 1. The Hall–Kier alpha value is -0.970. The Morgan fingerprint density at radius 1 is 1.32 bits per heavy atom. The van der Waals surface area contributed by atoms with Crippen LogP contribution in [0.25, 0.3) is 0 Å². The maximum absolute atomic E-state index is 11.6. The van der Waals surface area contributed by atoms with Crippen LogP contribution >= 0.6 is 23.2 Å². The van der Waals surface area contributed by atoms with Crippen molar-refractivity contribution in [3.63, 3.8) is 0 Å². The minimum absolute atomic E-state index is 0.0331. The smallest absolute Gasteiger partial charge is 0.315 e. The summed E-state index contributed by atoms with van der Waals surface area (Å²) in [4.78, 5) is 11.6. The van der Waals surface area contributed by atoms with Crippen molar-refractivity contribution in [2.24, 2.45) is 0 Å². The molecule has 3 N–H and O–H groups in total. The van der Waals surface area contributed by atoms with Crippen molar-refractivity contribution in [3.05, 3.63) is 33.8 Å². The number of carbonyl (C=O) groups is 1. The summed E-state index contributed by atoms with van der Waals surface area (Å²) in [6, 6.07) is 4.62. The van der Waals surface area contributed by atoms with Crippen LogP contribution in [0.5, 0.6) is 0 Å². The second-order valence-corrected chi connectivity index (χ2v) is 6.05. The summed E-state index contributed by atoms with van der Waals surface area (Å²) in [7, 11) is 0. The van der Waals surface area contributed by atoms with Gasteiger partial charge in [-0.05, 0) is 32.9 Å². The van der Waals surface area contributed by atoms with Crippen LogP contribution in [0.3, 0.4) is 0 Å². The van der Waals surface area contributed by atoms with Crippen molar-refractivity contribution >= 4 is 29.2 Å². The lowest BCUT2D eigenvalue weighted by molar-refractivity contribution is 0.171. The fourth-order valence-electron chi connectivity index (χ4n) is 1.51. The van der Waals surface area contributed by atoms with E-state index in [1.165, 1.54) is 0 Å². The van der Waals surface area contributed by atoms with E-state index in [4.69, 9.17) is 23.2 Å². The topological polar surface area (TPSA) is 61.4 Å². The summed E-state index contributed by atoms with van der Waals surface area (Å²) in [5, 5.41) is 16.1. The van der Waals surface area contributed by atoms with Crippen LogP contribution in [0.15, 0.2) is 18.2 Å². The van der Waals surface area contributed by atoms with Gasteiger partial charge in [0.2, 0.25) is 0 Å². The van der Waals surface area contributed by atoms with Crippen molar-refractivity contribution < 1.29 is 9.90 Å². The average Bonchev–Trinajstić information content (AvgIpc) is 2.23. The lowest BCUT2D eigenvalue weighted by Crippen LogP contribution is -2.47. The molecule has 0 radical (unpaired) electrons. The van der Waals surface area contributed by atoms with Gasteiger partial charge in [-0.15, -0.1) is 0 Å². The van der Waals surface area contributed by atoms with Gasteiger partial charge < -0.3 is 15.7 Å². The molecule has 0 saturated heterocycles. The number of benzene rings is 1. The van der Waals surface area contributed by atoms with Crippen LogP contribution in [0.4, 0.5) is 4.79 Å². The molecule has 1 unspecified atom stereocenters. The van der Waals surface area contributed by atoms with E-state index in [-0.39, 0.29) is 18.1 Å². The molecule has 19 heavy (non-hydrogen) atoms. The van der Waals surface area contributed by atoms with Gasteiger partial charge in [0.1, 0.15) is 0 Å². The Morgan fingerprint density at radius 2 is 1.84 bits per heavy atom. The molecular weight excluding hydrogens is 287 g/mol. The van der Waals surface area contributed by atoms with Crippen LogP contribution in [0.1, 0.15) is 32.4 Å². The van der Waals surface area contributed by atoms with Crippen molar-refractivity contribution in [2.75, 3.05) is 6.54 Å². The fraction of sp³-hybridized carbons (Fsp3) is 0.462. The molecule has 1 aromatic carbocycles. The molecule has 0 spiro atoms. The molecule has 1 atom stereocenters. The van der Waals surface area contributed by atoms with Crippen molar-refractivity contribution in [1.82, 2.24) is 10.6 Å². The van der Waals surface area contributed by atoms with Gasteiger partial charge in [0.25, 0.3) is 0 Å². The predicted molar refractivity (Wildman–Crippen MR) is 77.7 cm³/mol. The monoisotopic (exact) mass is 304 g/mol. The maximum atomic E-state index is 11.6. The second kappa shape index (κ2) is 6.46. The summed E-state index contributed by atoms with van der Waals surface area (Å²) in [5.41, 5.74) is 0.0822. The number of amides is 2. The molecule has 0 aromatic heterocycles. The van der Waals surface area contributed by atoms with Gasteiger partial charge in [-0.1, -0.05) is 29.3 Å². The molecule has 4 nitrogen and oxygen atoms in total. The van der Waals surface area contributed by atoms with Crippen LogP contribution in [0, 0.1) is 0 Å². The van der Waals surface area contributed by atoms with Crippen LogP contribution in [-0.2, 0) is 0 Å². The van der Waals surface area contributed by atoms with Gasteiger partial charge in [0.15, 0.2) is 0 Å². The van der Waals surface area contributed by atoms with E-state index >= 15 is 0 Å². The third kappa shape index (κ3) is 5.27. The first kappa shape index (κ1) is 16.1. The van der Waals surface area contributed by atoms with Crippen molar-refractivity contribution in [3.8, 4) is 0 Å². The first-order valence-corrected chi connectivity index (χ1v) is 6.64. The molecule has 0 aliphatic carbocycles. The Balaban J connectivity index is 2.61. The Morgan fingerprint density at radius 3 is 2.32 bits per heavy atom. The molecule has 106 valence electrons. The lowest BCUT2D eigenvalue weighted by atomic mass is 10.1. The number of hydrogen-bond acceptors (Lipinski definition) is 2. The minimum Gasteiger partial charge on any atom is -0.386 e. The van der Waals surface area contributed by atoms with Crippen molar-refractivity contribution in [2.45, 2.75) is 32.4 Å². The molecule has 1 aromatic rings. The van der Waals surface area contributed by atoms with E-state index in [9.17, 15) is 9.90 Å². The van der Waals surface area contributed by atoms with E-state index in [2.05, 4.69) is 10.6 Å². The van der Waals surface area contributed by atoms with Gasteiger partial charge >= 0.3 is 6.03 Å². The zero-order valence-corrected chi connectivity index (χ0v) is 12.6. The highest BCUT2D eigenvalue weighted by molar-refractivity contribution is 6.36. The number of rotatable bonds is 3. The third-order valence-corrected chi connectivity index (χ3v) is 2.94. The van der Waals surface area contributed by atoms with Gasteiger partial charge in [0.05, 0.1) is 6.10 Å². The van der Waals surface area contributed by atoms with Gasteiger partial charge in [-0.25, -0.2) is 4.79 Å². The highest BCUT2D eigenvalue weighted by atomic mass is 35.5. The molecule has 0 aliphatic rings. The average molecular weight is 305 g/mol. The summed E-state index contributed by atoms with van der Waals surface area (Å²) in [5.74, 6) is 0. The number of urea groups is 1. The van der Waals surface area contributed by atoms with E-state index in [1.807, 2.05) is 20.8 Å². The van der Waals surface area contributed by atoms with Crippen LogP contribution < -0.4 is 10.6 Å². The summed E-state index contributed by atoms with van der Waals surface area (Å²) < 4.78 is 0. The molecule has 0 fully saturated rings. The highest BCUT2D eigenvalue weighted by Gasteiger charge is 2.18. The first-order valence-electron chi connectivity index (χ1n) is 5.88. The summed E-state index contributed by atoms with van der Waals surface area (Å²) in [6.07, 6.45) is -0.952. The molecule has 2 amide bonds. The Kier molecular flexibility index (Phi) is 5.47. The number of carbonyl (C=O) groups excluding carboxylic acids is 1. The molecule has 0 aliphatic heterocycles. The molecular formula is C13H18Cl2N2O2. The Bertz CT molecular complexity index is 438. The maximum Gasteiger partial charge on any atom is 0.315 e. The summed E-state index contributed by atoms with van der Waals surface area (Å²) >= 11 is 11.9. The number of nitrogens with one attached hydrogen (secondary N) is 2. The Labute approximate surface area is 123 Å². The molecule has 6 heteroatoms. The third-order valence-electron chi connectivity index (χ3n) is 2.28. The fourth-order valence-corrected chi connectivity index (χ4v) is 2.15. The number of aliphatic hydroxyl groups is 1. The number of hydrogen-bond donors (Lipinski definition) is 3. The standard InChI is InChI=1S/C13H18Cl2N2O2/c1-13(2,3)17-12(19)16-7-10(18)11-8(14)5-4-6-9(11)15/h4-6,10,18H,7H2,1-3H3,(H2,16,17,19). The van der Waals surface area contributed by atoms with E-state index in [1.54, 1.807) is 18.2 Å². The van der Waals surface area contributed by atoms with Crippen LogP contribution in [-0.4, -0.2) is 23.2 Å². The minimum atomic E-state index is -0.952. The zero-order chi connectivity index (χ0) is 14.6. The number of halogens is 2. The SMILES string of the molecule is CC(C)(C)NC(=O)NCC(O)c1c(Cl)cccc1Cl. The molecule has 0 saturated carbocycles. The van der Waals surface area contributed by atoms with Gasteiger partial charge in [0, 0.05) is 27.7 Å². The van der Waals surface area contributed by atoms with Crippen molar-refractivity contribution in [1.29, 1.82) is 0 Å². The summed E-state index contributed by atoms with van der Waals surface area (Å²) in [6.45, 7) is 5.64. The largest absolute Gasteiger partial charge is 0.386 e. The normalized spacial score (nSPS) is 12.9. The van der Waals surface area contributed by atoms with E-state index < -0.39 is 6.10 Å². The first-order chi connectivity index (χ1) is 8.70. The lowest BCUT2D eigenvalue weighted by Gasteiger charge is -2.22. The second-order valence-electron chi connectivity index (χ2n) is 5.24. The highest BCUT2D eigenvalue weighted by Crippen LogP contribution is 2.29. The molecule has 1 rings (SSSR count). The van der Waals surface area contributed by atoms with Gasteiger partial charge in [-0.3, -0.25) is 0 Å². The van der Waals surface area contributed by atoms with E-state index in [0.29, 0.717) is 15.6 Å². The zero-order valence-electron chi connectivity index (χ0n) is 11.1. The van der Waals surface area contributed by atoms with E-state index in [0.717, 1.165) is 0 Å². The molecule has 0 heterocycles. The van der Waals surface area contributed by atoms with Gasteiger partial charge in [-0.2, -0.15) is 0 Å². The predicted octanol–water partition coefficient (Wildman–Crippen LogP) is 3.12.